The van der Waals surface area contributed by atoms with Crippen LogP contribution in [0.2, 0.25) is 0 Å². The Balaban J connectivity index is 2.31. The Kier molecular flexibility index (Phi) is 3.99. The van der Waals surface area contributed by atoms with E-state index in [0.29, 0.717) is 17.1 Å². The lowest BCUT2D eigenvalue weighted by Crippen LogP contribution is -2.12. The molecular weight excluding hydrogens is 288 g/mol. The summed E-state index contributed by atoms with van der Waals surface area (Å²) in [5.41, 5.74) is 6.93. The molecule has 0 saturated heterocycles. The lowest BCUT2D eigenvalue weighted by atomic mass is 10.1. The molecule has 0 radical (unpaired) electrons. The SMILES string of the molecule is Cc1cc(Oc2cccc(S(C)(=O)=O)c2)ccc1C(=N)N. The van der Waals surface area contributed by atoms with Crippen molar-refractivity contribution in [1.29, 1.82) is 5.41 Å². The quantitative estimate of drug-likeness (QED) is 0.670. The van der Waals surface area contributed by atoms with Gasteiger partial charge in [-0.3, -0.25) is 5.41 Å². The molecule has 3 N–H and O–H groups in total. The molecule has 6 heteroatoms. The van der Waals surface area contributed by atoms with Gasteiger partial charge in [-0.1, -0.05) is 6.07 Å². The number of benzene rings is 2. The molecule has 0 atom stereocenters. The van der Waals surface area contributed by atoms with E-state index in [1.165, 1.54) is 12.1 Å². The molecule has 2 aromatic carbocycles. The summed E-state index contributed by atoms with van der Waals surface area (Å²) >= 11 is 0. The average Bonchev–Trinajstić information content (AvgIpc) is 2.37. The van der Waals surface area contributed by atoms with Crippen LogP contribution in [0.25, 0.3) is 0 Å². The van der Waals surface area contributed by atoms with Crippen LogP contribution >= 0.6 is 0 Å². The van der Waals surface area contributed by atoms with Crippen LogP contribution in [0.15, 0.2) is 47.4 Å². The maximum Gasteiger partial charge on any atom is 0.175 e. The minimum atomic E-state index is -3.27. The highest BCUT2D eigenvalue weighted by atomic mass is 32.2. The summed E-state index contributed by atoms with van der Waals surface area (Å²) in [6.45, 7) is 1.83. The third-order valence-electron chi connectivity index (χ3n) is 2.96. The molecule has 0 aliphatic carbocycles. The highest BCUT2D eigenvalue weighted by Crippen LogP contribution is 2.25. The van der Waals surface area contributed by atoms with E-state index in [0.717, 1.165) is 11.8 Å². The Morgan fingerprint density at radius 1 is 1.14 bits per heavy atom. The summed E-state index contributed by atoms with van der Waals surface area (Å²) in [4.78, 5) is 0.206. The van der Waals surface area contributed by atoms with Crippen molar-refractivity contribution < 1.29 is 13.2 Å². The van der Waals surface area contributed by atoms with Gasteiger partial charge in [-0.25, -0.2) is 8.42 Å². The number of rotatable bonds is 4. The zero-order valence-electron chi connectivity index (χ0n) is 11.8. The molecule has 0 unspecified atom stereocenters. The van der Waals surface area contributed by atoms with Crippen molar-refractivity contribution in [1.82, 2.24) is 0 Å². The van der Waals surface area contributed by atoms with Crippen LogP contribution in [0, 0.1) is 12.3 Å². The summed E-state index contributed by atoms with van der Waals surface area (Å²) in [7, 11) is -3.27. The van der Waals surface area contributed by atoms with Crippen molar-refractivity contribution in [2.75, 3.05) is 6.26 Å². The molecule has 0 heterocycles. The van der Waals surface area contributed by atoms with Gasteiger partial charge in [0.2, 0.25) is 0 Å². The van der Waals surface area contributed by atoms with E-state index < -0.39 is 9.84 Å². The van der Waals surface area contributed by atoms with Gasteiger partial charge in [-0.2, -0.15) is 0 Å². The van der Waals surface area contributed by atoms with Crippen molar-refractivity contribution in [3.05, 3.63) is 53.6 Å². The standard InChI is InChI=1S/C15H16N2O3S/c1-10-8-12(6-7-14(10)15(16)17)20-11-4-3-5-13(9-11)21(2,18)19/h3-9H,1-2H3,(H3,16,17). The first-order valence-electron chi connectivity index (χ1n) is 6.20. The van der Waals surface area contributed by atoms with E-state index in [1.54, 1.807) is 30.3 Å². The summed E-state index contributed by atoms with van der Waals surface area (Å²) in [6, 6.07) is 11.5. The molecule has 0 aromatic heterocycles. The van der Waals surface area contributed by atoms with Gasteiger partial charge in [0.1, 0.15) is 17.3 Å². The number of nitrogens with one attached hydrogen (secondary N) is 1. The maximum absolute atomic E-state index is 11.5. The first-order chi connectivity index (χ1) is 9.77. The van der Waals surface area contributed by atoms with Crippen LogP contribution < -0.4 is 10.5 Å². The third-order valence-corrected chi connectivity index (χ3v) is 4.07. The molecule has 0 bridgehead atoms. The minimum absolute atomic E-state index is 0.00174. The lowest BCUT2D eigenvalue weighted by Gasteiger charge is -2.10. The van der Waals surface area contributed by atoms with E-state index >= 15 is 0 Å². The first kappa shape index (κ1) is 15.1. The highest BCUT2D eigenvalue weighted by Gasteiger charge is 2.09. The van der Waals surface area contributed by atoms with Gasteiger partial charge < -0.3 is 10.5 Å². The molecule has 21 heavy (non-hydrogen) atoms. The van der Waals surface area contributed by atoms with Gasteiger partial charge in [-0.15, -0.1) is 0 Å². The normalized spacial score (nSPS) is 11.1. The summed E-state index contributed by atoms with van der Waals surface area (Å²) in [6.07, 6.45) is 1.15. The number of ether oxygens (including phenoxy) is 1. The number of nitrogen functional groups attached to an aromatic ring is 1. The first-order valence-corrected chi connectivity index (χ1v) is 8.09. The van der Waals surface area contributed by atoms with E-state index in [2.05, 4.69) is 0 Å². The molecule has 5 nitrogen and oxygen atoms in total. The fourth-order valence-corrected chi connectivity index (χ4v) is 2.56. The minimum Gasteiger partial charge on any atom is -0.457 e. The molecule has 0 aliphatic heterocycles. The topological polar surface area (TPSA) is 93.2 Å². The predicted molar refractivity (Wildman–Crippen MR) is 81.8 cm³/mol. The summed E-state index contributed by atoms with van der Waals surface area (Å²) < 4.78 is 28.7. The zero-order valence-corrected chi connectivity index (χ0v) is 12.6. The average molecular weight is 304 g/mol. The van der Waals surface area contributed by atoms with Crippen molar-refractivity contribution >= 4 is 15.7 Å². The second-order valence-corrected chi connectivity index (χ2v) is 6.76. The van der Waals surface area contributed by atoms with Gasteiger partial charge in [0.15, 0.2) is 9.84 Å². The van der Waals surface area contributed by atoms with Crippen LogP contribution in [0.5, 0.6) is 11.5 Å². The fraction of sp³-hybridized carbons (Fsp3) is 0.133. The predicted octanol–water partition coefficient (Wildman–Crippen LogP) is 2.47. The summed E-state index contributed by atoms with van der Waals surface area (Å²) in [5.74, 6) is 0.995. The highest BCUT2D eigenvalue weighted by molar-refractivity contribution is 7.90. The van der Waals surface area contributed by atoms with Gasteiger partial charge in [-0.05, 0) is 48.9 Å². The number of nitrogens with two attached hydrogens (primary N) is 1. The molecule has 2 aromatic rings. The van der Waals surface area contributed by atoms with E-state index in [9.17, 15) is 8.42 Å². The van der Waals surface area contributed by atoms with Crippen molar-refractivity contribution in [3.63, 3.8) is 0 Å². The Morgan fingerprint density at radius 3 is 2.38 bits per heavy atom. The molecule has 0 spiro atoms. The van der Waals surface area contributed by atoms with Crippen molar-refractivity contribution in [2.45, 2.75) is 11.8 Å². The zero-order chi connectivity index (χ0) is 15.6. The van der Waals surface area contributed by atoms with Gasteiger partial charge in [0.25, 0.3) is 0 Å². The molecule has 110 valence electrons. The number of hydrogen-bond donors (Lipinski definition) is 2. The number of sulfone groups is 1. The van der Waals surface area contributed by atoms with Crippen LogP contribution in [0.3, 0.4) is 0 Å². The molecule has 0 aliphatic rings. The van der Waals surface area contributed by atoms with E-state index in [4.69, 9.17) is 15.9 Å². The smallest absolute Gasteiger partial charge is 0.175 e. The van der Waals surface area contributed by atoms with E-state index in [-0.39, 0.29) is 10.7 Å². The van der Waals surface area contributed by atoms with Crippen LogP contribution in [0.4, 0.5) is 0 Å². The second kappa shape index (κ2) is 5.57. The lowest BCUT2D eigenvalue weighted by molar-refractivity contribution is 0.480. The molecular formula is C15H16N2O3S. The van der Waals surface area contributed by atoms with Crippen molar-refractivity contribution in [3.8, 4) is 11.5 Å². The third kappa shape index (κ3) is 3.61. The van der Waals surface area contributed by atoms with Gasteiger partial charge >= 0.3 is 0 Å². The Bertz CT molecular complexity index is 798. The number of aryl methyl sites for hydroxylation is 1. The van der Waals surface area contributed by atoms with Gasteiger partial charge in [0.05, 0.1) is 4.90 Å². The second-order valence-electron chi connectivity index (χ2n) is 4.74. The molecule has 0 saturated carbocycles. The monoisotopic (exact) mass is 304 g/mol. The van der Waals surface area contributed by atoms with Gasteiger partial charge in [0, 0.05) is 11.8 Å². The van der Waals surface area contributed by atoms with Crippen LogP contribution in [-0.4, -0.2) is 20.5 Å². The molecule has 0 amide bonds. The number of amidine groups is 1. The summed E-state index contributed by atoms with van der Waals surface area (Å²) in [5, 5.41) is 7.43. The number of hydrogen-bond acceptors (Lipinski definition) is 4. The van der Waals surface area contributed by atoms with E-state index in [1.807, 2.05) is 6.92 Å². The van der Waals surface area contributed by atoms with Crippen LogP contribution in [-0.2, 0) is 9.84 Å². The maximum atomic E-state index is 11.5. The Morgan fingerprint density at radius 2 is 1.81 bits per heavy atom. The molecule has 2 rings (SSSR count). The van der Waals surface area contributed by atoms with Crippen molar-refractivity contribution in [2.24, 2.45) is 5.73 Å². The Labute approximate surface area is 123 Å². The Hall–Kier alpha value is -2.34. The molecule has 0 fully saturated rings. The van der Waals surface area contributed by atoms with Crippen LogP contribution in [0.1, 0.15) is 11.1 Å². The largest absolute Gasteiger partial charge is 0.457 e. The fourth-order valence-electron chi connectivity index (χ4n) is 1.91.